The first kappa shape index (κ1) is 17.1. The molecule has 0 heterocycles. The molecule has 1 nitrogen and oxygen atoms in total. The summed E-state index contributed by atoms with van der Waals surface area (Å²) in [5, 5.41) is 3.25. The van der Waals surface area contributed by atoms with E-state index in [1.165, 1.54) is 0 Å². The van der Waals surface area contributed by atoms with Crippen LogP contribution in [0.4, 0.5) is 13.2 Å². The van der Waals surface area contributed by atoms with Gasteiger partial charge in [-0.15, -0.1) is 0 Å². The van der Waals surface area contributed by atoms with Crippen LogP contribution in [0.15, 0.2) is 0 Å². The molecule has 0 aliphatic rings. The van der Waals surface area contributed by atoms with Crippen molar-refractivity contribution in [2.75, 3.05) is 18.1 Å². The van der Waals surface area contributed by atoms with Gasteiger partial charge in [0.25, 0.3) is 0 Å². The fraction of sp³-hybridized carbons (Fsp3) is 1.00. The highest BCUT2D eigenvalue weighted by atomic mass is 32.2. The molecule has 0 spiro atoms. The summed E-state index contributed by atoms with van der Waals surface area (Å²) in [7, 11) is 0. The van der Waals surface area contributed by atoms with Crippen LogP contribution in [0, 0.1) is 5.92 Å². The molecule has 0 rings (SSSR count). The average molecular weight is 271 g/mol. The van der Waals surface area contributed by atoms with Crippen LogP contribution in [-0.2, 0) is 0 Å². The van der Waals surface area contributed by atoms with Gasteiger partial charge in [-0.05, 0) is 31.1 Å². The molecule has 1 atom stereocenters. The number of thioether (sulfide) groups is 1. The summed E-state index contributed by atoms with van der Waals surface area (Å²) in [5.41, 5.74) is 0. The number of hydrogen-bond donors (Lipinski definition) is 1. The molecular formula is C12H24F3NS. The highest BCUT2D eigenvalue weighted by molar-refractivity contribution is 7.99. The van der Waals surface area contributed by atoms with Crippen LogP contribution in [0.2, 0.25) is 0 Å². The minimum absolute atomic E-state index is 0.214. The molecular weight excluding hydrogens is 247 g/mol. The smallest absolute Gasteiger partial charge is 0.313 e. The van der Waals surface area contributed by atoms with E-state index in [9.17, 15) is 13.2 Å². The van der Waals surface area contributed by atoms with Crippen molar-refractivity contribution in [1.29, 1.82) is 0 Å². The fourth-order valence-electron chi connectivity index (χ4n) is 1.53. The topological polar surface area (TPSA) is 12.0 Å². The molecule has 0 aromatic carbocycles. The quantitative estimate of drug-likeness (QED) is 0.678. The lowest BCUT2D eigenvalue weighted by Gasteiger charge is -2.18. The van der Waals surface area contributed by atoms with E-state index in [1.807, 2.05) is 18.7 Å². The largest absolute Gasteiger partial charge is 0.389 e. The van der Waals surface area contributed by atoms with E-state index in [-0.39, 0.29) is 12.5 Å². The van der Waals surface area contributed by atoms with Gasteiger partial charge in [-0.2, -0.15) is 24.9 Å². The second-order valence-corrected chi connectivity index (χ2v) is 5.77. The summed E-state index contributed by atoms with van der Waals surface area (Å²) in [6.07, 6.45) is -3.84. The van der Waals surface area contributed by atoms with Crippen molar-refractivity contribution in [3.05, 3.63) is 0 Å². The number of alkyl halides is 3. The standard InChI is InChI=1S/C12H24F3NS/c1-4-16-11(9-17-8-10(2)3)6-5-7-12(13,14)15/h10-11,16H,4-9H2,1-3H3. The first-order chi connectivity index (χ1) is 7.85. The highest BCUT2D eigenvalue weighted by Gasteiger charge is 2.26. The van der Waals surface area contributed by atoms with Crippen molar-refractivity contribution in [2.45, 2.75) is 52.3 Å². The second kappa shape index (κ2) is 9.09. The lowest BCUT2D eigenvalue weighted by Crippen LogP contribution is -2.31. The van der Waals surface area contributed by atoms with Gasteiger partial charge in [-0.25, -0.2) is 0 Å². The van der Waals surface area contributed by atoms with E-state index in [0.717, 1.165) is 18.1 Å². The van der Waals surface area contributed by atoms with Gasteiger partial charge in [0, 0.05) is 18.2 Å². The molecule has 1 N–H and O–H groups in total. The van der Waals surface area contributed by atoms with Gasteiger partial charge in [-0.1, -0.05) is 20.8 Å². The van der Waals surface area contributed by atoms with Crippen molar-refractivity contribution in [1.82, 2.24) is 5.32 Å². The van der Waals surface area contributed by atoms with E-state index in [2.05, 4.69) is 19.2 Å². The van der Waals surface area contributed by atoms with Crippen LogP contribution in [0.3, 0.4) is 0 Å². The first-order valence-electron chi connectivity index (χ1n) is 6.23. The van der Waals surface area contributed by atoms with Crippen LogP contribution in [0.25, 0.3) is 0 Å². The van der Waals surface area contributed by atoms with Crippen molar-refractivity contribution < 1.29 is 13.2 Å². The molecule has 5 heteroatoms. The molecule has 104 valence electrons. The zero-order valence-corrected chi connectivity index (χ0v) is 11.8. The van der Waals surface area contributed by atoms with Gasteiger partial charge in [0.1, 0.15) is 0 Å². The molecule has 0 bridgehead atoms. The maximum atomic E-state index is 12.0. The number of rotatable bonds is 9. The van der Waals surface area contributed by atoms with E-state index in [1.54, 1.807) is 0 Å². The molecule has 0 amide bonds. The van der Waals surface area contributed by atoms with Crippen LogP contribution in [-0.4, -0.2) is 30.3 Å². The maximum Gasteiger partial charge on any atom is 0.389 e. The van der Waals surface area contributed by atoms with E-state index < -0.39 is 12.6 Å². The summed E-state index contributed by atoms with van der Waals surface area (Å²) in [4.78, 5) is 0. The van der Waals surface area contributed by atoms with Crippen molar-refractivity contribution in [2.24, 2.45) is 5.92 Å². The van der Waals surface area contributed by atoms with Gasteiger partial charge < -0.3 is 5.32 Å². The molecule has 0 saturated carbocycles. The number of halogens is 3. The summed E-state index contributed by atoms with van der Waals surface area (Å²) in [6.45, 7) is 7.11. The summed E-state index contributed by atoms with van der Waals surface area (Å²) >= 11 is 1.82. The van der Waals surface area contributed by atoms with E-state index in [4.69, 9.17) is 0 Å². The molecule has 0 radical (unpaired) electrons. The van der Waals surface area contributed by atoms with Gasteiger partial charge in [0.2, 0.25) is 0 Å². The molecule has 0 aliphatic heterocycles. The Balaban J connectivity index is 3.74. The van der Waals surface area contributed by atoms with Crippen molar-refractivity contribution in [3.63, 3.8) is 0 Å². The van der Waals surface area contributed by atoms with E-state index in [0.29, 0.717) is 12.3 Å². The molecule has 17 heavy (non-hydrogen) atoms. The zero-order chi connectivity index (χ0) is 13.3. The monoisotopic (exact) mass is 271 g/mol. The summed E-state index contributed by atoms with van der Waals surface area (Å²) in [5.74, 6) is 2.61. The SMILES string of the molecule is CCNC(CCCC(F)(F)F)CSCC(C)C. The summed E-state index contributed by atoms with van der Waals surface area (Å²) in [6, 6.07) is 0.214. The molecule has 0 aromatic heterocycles. The van der Waals surface area contributed by atoms with Gasteiger partial charge in [0.15, 0.2) is 0 Å². The molecule has 1 unspecified atom stereocenters. The predicted molar refractivity (Wildman–Crippen MR) is 69.5 cm³/mol. The third-order valence-corrected chi connectivity index (χ3v) is 3.82. The van der Waals surface area contributed by atoms with Crippen molar-refractivity contribution in [3.8, 4) is 0 Å². The lowest BCUT2D eigenvalue weighted by atomic mass is 10.1. The Morgan fingerprint density at radius 2 is 1.82 bits per heavy atom. The maximum absolute atomic E-state index is 12.0. The third kappa shape index (κ3) is 12.3. The van der Waals surface area contributed by atoms with Crippen LogP contribution < -0.4 is 5.32 Å². The zero-order valence-electron chi connectivity index (χ0n) is 10.9. The van der Waals surface area contributed by atoms with Crippen LogP contribution in [0.1, 0.15) is 40.0 Å². The third-order valence-electron chi connectivity index (χ3n) is 2.28. The molecule has 0 aromatic rings. The fourth-order valence-corrected chi connectivity index (χ4v) is 2.70. The molecule has 0 aliphatic carbocycles. The van der Waals surface area contributed by atoms with Crippen LogP contribution >= 0.6 is 11.8 Å². The second-order valence-electron chi connectivity index (χ2n) is 4.69. The first-order valence-corrected chi connectivity index (χ1v) is 7.38. The Hall–Kier alpha value is 0.100. The Kier molecular flexibility index (Phi) is 9.14. The highest BCUT2D eigenvalue weighted by Crippen LogP contribution is 2.23. The minimum atomic E-state index is -4.01. The Bertz CT molecular complexity index is 183. The average Bonchev–Trinajstić information content (AvgIpc) is 2.15. The van der Waals surface area contributed by atoms with Gasteiger partial charge in [0.05, 0.1) is 0 Å². The number of nitrogens with one attached hydrogen (secondary N) is 1. The predicted octanol–water partition coefficient (Wildman–Crippen LogP) is 4.09. The van der Waals surface area contributed by atoms with Crippen molar-refractivity contribution >= 4 is 11.8 Å². The Labute approximate surface area is 107 Å². The normalized spacial score (nSPS) is 14.3. The van der Waals surface area contributed by atoms with Crippen LogP contribution in [0.5, 0.6) is 0 Å². The Morgan fingerprint density at radius 1 is 1.18 bits per heavy atom. The number of hydrogen-bond acceptors (Lipinski definition) is 2. The Morgan fingerprint density at radius 3 is 2.29 bits per heavy atom. The van der Waals surface area contributed by atoms with E-state index >= 15 is 0 Å². The summed E-state index contributed by atoms with van der Waals surface area (Å²) < 4.78 is 36.1. The molecule has 0 fully saturated rings. The minimum Gasteiger partial charge on any atom is -0.313 e. The van der Waals surface area contributed by atoms with Gasteiger partial charge >= 0.3 is 6.18 Å². The van der Waals surface area contributed by atoms with Gasteiger partial charge in [-0.3, -0.25) is 0 Å². The molecule has 0 saturated heterocycles. The lowest BCUT2D eigenvalue weighted by molar-refractivity contribution is -0.135.